The van der Waals surface area contributed by atoms with Crippen LogP contribution in [-0.4, -0.2) is 11.8 Å². The lowest BCUT2D eigenvalue weighted by molar-refractivity contribution is 0.797. The molecule has 0 N–H and O–H groups in total. The fraction of sp³-hybridized carbons (Fsp3) is 0.125. The van der Waals surface area contributed by atoms with Gasteiger partial charge in [-0.25, -0.2) is 5.01 Å². The number of nitrogens with zero attached hydrogens (tertiary/aromatic N) is 3. The standard InChI is InChI=1S/C16H11Br2N3/c17-12-6-7-16(14(18)8-12)21-13(10-19)9-15(20-21)11-4-2-1-3-5-11/h1-8,13H,9H2. The van der Waals surface area contributed by atoms with Gasteiger partial charge in [-0.05, 0) is 39.7 Å². The van der Waals surface area contributed by atoms with Crippen molar-refractivity contribution in [2.24, 2.45) is 5.10 Å². The third-order valence-corrected chi connectivity index (χ3v) is 4.45. The molecule has 2 aromatic carbocycles. The minimum atomic E-state index is -0.280. The van der Waals surface area contributed by atoms with Gasteiger partial charge >= 0.3 is 0 Å². The Labute approximate surface area is 140 Å². The average Bonchev–Trinajstić information content (AvgIpc) is 2.92. The van der Waals surface area contributed by atoms with Crippen molar-refractivity contribution in [3.8, 4) is 6.07 Å². The maximum absolute atomic E-state index is 9.42. The number of anilines is 1. The van der Waals surface area contributed by atoms with Gasteiger partial charge in [-0.2, -0.15) is 10.4 Å². The molecule has 0 bridgehead atoms. The van der Waals surface area contributed by atoms with E-state index in [-0.39, 0.29) is 6.04 Å². The molecule has 0 saturated carbocycles. The van der Waals surface area contributed by atoms with E-state index in [1.54, 1.807) is 5.01 Å². The summed E-state index contributed by atoms with van der Waals surface area (Å²) in [6.45, 7) is 0. The highest BCUT2D eigenvalue weighted by Crippen LogP contribution is 2.34. The number of hydrogen-bond donors (Lipinski definition) is 0. The fourth-order valence-electron chi connectivity index (χ4n) is 2.31. The molecule has 0 spiro atoms. The highest BCUT2D eigenvalue weighted by Gasteiger charge is 2.29. The van der Waals surface area contributed by atoms with Crippen molar-refractivity contribution >= 4 is 43.3 Å². The van der Waals surface area contributed by atoms with Gasteiger partial charge in [-0.15, -0.1) is 0 Å². The lowest BCUT2D eigenvalue weighted by Crippen LogP contribution is -2.24. The molecule has 104 valence electrons. The Morgan fingerprint density at radius 3 is 2.57 bits per heavy atom. The quantitative estimate of drug-likeness (QED) is 0.726. The molecule has 1 aliphatic heterocycles. The number of hydrogen-bond acceptors (Lipinski definition) is 3. The zero-order valence-electron chi connectivity index (χ0n) is 11.0. The van der Waals surface area contributed by atoms with E-state index in [4.69, 9.17) is 0 Å². The zero-order chi connectivity index (χ0) is 14.8. The van der Waals surface area contributed by atoms with Crippen LogP contribution in [0.1, 0.15) is 12.0 Å². The molecule has 3 nitrogen and oxygen atoms in total. The van der Waals surface area contributed by atoms with Gasteiger partial charge in [0, 0.05) is 15.4 Å². The van der Waals surface area contributed by atoms with Gasteiger partial charge in [0.15, 0.2) is 0 Å². The summed E-state index contributed by atoms with van der Waals surface area (Å²) >= 11 is 6.98. The maximum Gasteiger partial charge on any atom is 0.144 e. The van der Waals surface area contributed by atoms with E-state index in [1.807, 2.05) is 48.5 Å². The van der Waals surface area contributed by atoms with Crippen molar-refractivity contribution in [2.45, 2.75) is 12.5 Å². The second-order valence-corrected chi connectivity index (χ2v) is 6.47. The fourth-order valence-corrected chi connectivity index (χ4v) is 3.53. The first kappa shape index (κ1) is 14.3. The highest BCUT2D eigenvalue weighted by atomic mass is 79.9. The Kier molecular flexibility index (Phi) is 4.09. The molecule has 3 rings (SSSR count). The van der Waals surface area contributed by atoms with E-state index in [2.05, 4.69) is 43.0 Å². The Morgan fingerprint density at radius 2 is 1.90 bits per heavy atom. The first-order valence-electron chi connectivity index (χ1n) is 6.46. The lowest BCUT2D eigenvalue weighted by Gasteiger charge is -2.19. The second-order valence-electron chi connectivity index (χ2n) is 4.70. The molecule has 21 heavy (non-hydrogen) atoms. The van der Waals surface area contributed by atoms with Crippen molar-refractivity contribution in [2.75, 3.05) is 5.01 Å². The molecule has 0 saturated heterocycles. The van der Waals surface area contributed by atoms with Crippen LogP contribution in [0.2, 0.25) is 0 Å². The minimum absolute atomic E-state index is 0.280. The van der Waals surface area contributed by atoms with Gasteiger partial charge in [-0.1, -0.05) is 46.3 Å². The third-order valence-electron chi connectivity index (χ3n) is 3.32. The molecule has 0 amide bonds. The van der Waals surface area contributed by atoms with Crippen molar-refractivity contribution in [3.05, 3.63) is 63.0 Å². The van der Waals surface area contributed by atoms with Crippen LogP contribution < -0.4 is 5.01 Å². The summed E-state index contributed by atoms with van der Waals surface area (Å²) in [6, 6.07) is 17.9. The summed E-state index contributed by atoms with van der Waals surface area (Å²) in [6.07, 6.45) is 0.628. The van der Waals surface area contributed by atoms with Crippen LogP contribution in [0.15, 0.2) is 62.6 Å². The van der Waals surface area contributed by atoms with Gasteiger partial charge in [0.1, 0.15) is 6.04 Å². The molecule has 0 fully saturated rings. The monoisotopic (exact) mass is 403 g/mol. The van der Waals surface area contributed by atoms with Crippen LogP contribution >= 0.6 is 31.9 Å². The molecule has 2 aromatic rings. The smallest absolute Gasteiger partial charge is 0.144 e. The van der Waals surface area contributed by atoms with Crippen molar-refractivity contribution in [3.63, 3.8) is 0 Å². The highest BCUT2D eigenvalue weighted by molar-refractivity contribution is 9.11. The van der Waals surface area contributed by atoms with Gasteiger partial charge < -0.3 is 0 Å². The molecule has 1 atom stereocenters. The van der Waals surface area contributed by atoms with E-state index in [0.29, 0.717) is 6.42 Å². The first-order chi connectivity index (χ1) is 10.2. The molecule has 1 unspecified atom stereocenters. The van der Waals surface area contributed by atoms with Gasteiger partial charge in [0.25, 0.3) is 0 Å². The van der Waals surface area contributed by atoms with Crippen LogP contribution in [0.25, 0.3) is 0 Å². The van der Waals surface area contributed by atoms with Gasteiger partial charge in [0.05, 0.1) is 17.5 Å². The summed E-state index contributed by atoms with van der Waals surface area (Å²) < 4.78 is 1.90. The van der Waals surface area contributed by atoms with E-state index < -0.39 is 0 Å². The van der Waals surface area contributed by atoms with E-state index >= 15 is 0 Å². The topological polar surface area (TPSA) is 39.4 Å². The zero-order valence-corrected chi connectivity index (χ0v) is 14.2. The van der Waals surface area contributed by atoms with E-state index in [1.165, 1.54) is 0 Å². The SMILES string of the molecule is N#CC1CC(c2ccccc2)=NN1c1ccc(Br)cc1Br. The van der Waals surface area contributed by atoms with E-state index in [9.17, 15) is 5.26 Å². The summed E-state index contributed by atoms with van der Waals surface area (Å²) in [7, 11) is 0. The van der Waals surface area contributed by atoms with Crippen LogP contribution in [0.4, 0.5) is 5.69 Å². The number of rotatable bonds is 2. The number of benzene rings is 2. The first-order valence-corrected chi connectivity index (χ1v) is 8.04. The summed E-state index contributed by atoms with van der Waals surface area (Å²) in [4.78, 5) is 0. The molecular weight excluding hydrogens is 394 g/mol. The molecule has 1 heterocycles. The molecule has 5 heteroatoms. The van der Waals surface area contributed by atoms with Crippen LogP contribution in [0, 0.1) is 11.3 Å². The largest absolute Gasteiger partial charge is 0.246 e. The van der Waals surface area contributed by atoms with Crippen molar-refractivity contribution in [1.82, 2.24) is 0 Å². The minimum Gasteiger partial charge on any atom is -0.246 e. The van der Waals surface area contributed by atoms with E-state index in [0.717, 1.165) is 25.9 Å². The Balaban J connectivity index is 2.01. The molecular formula is C16H11Br2N3. The molecule has 0 radical (unpaired) electrons. The summed E-state index contributed by atoms with van der Waals surface area (Å²) in [5.74, 6) is 0. The Morgan fingerprint density at radius 1 is 1.14 bits per heavy atom. The Hall–Kier alpha value is -1.64. The second kappa shape index (κ2) is 6.00. The normalized spacial score (nSPS) is 17.5. The average molecular weight is 405 g/mol. The molecule has 0 aliphatic carbocycles. The van der Waals surface area contributed by atoms with Gasteiger partial charge in [-0.3, -0.25) is 0 Å². The third kappa shape index (κ3) is 2.87. The molecule has 1 aliphatic rings. The lowest BCUT2D eigenvalue weighted by atomic mass is 10.0. The van der Waals surface area contributed by atoms with Crippen molar-refractivity contribution < 1.29 is 0 Å². The maximum atomic E-state index is 9.42. The number of nitriles is 1. The van der Waals surface area contributed by atoms with Crippen LogP contribution in [0.5, 0.6) is 0 Å². The van der Waals surface area contributed by atoms with Crippen LogP contribution in [0.3, 0.4) is 0 Å². The number of halogens is 2. The van der Waals surface area contributed by atoms with Crippen molar-refractivity contribution in [1.29, 1.82) is 5.26 Å². The number of hydrazone groups is 1. The molecule has 0 aromatic heterocycles. The van der Waals surface area contributed by atoms with Gasteiger partial charge in [0.2, 0.25) is 0 Å². The predicted molar refractivity (Wildman–Crippen MR) is 91.3 cm³/mol. The van der Waals surface area contributed by atoms with Crippen LogP contribution in [-0.2, 0) is 0 Å². The Bertz CT molecular complexity index is 735. The summed E-state index contributed by atoms with van der Waals surface area (Å²) in [5, 5.41) is 15.9. The summed E-state index contributed by atoms with van der Waals surface area (Å²) in [5.41, 5.74) is 2.90. The predicted octanol–water partition coefficient (Wildman–Crippen LogP) is 4.72.